The minimum absolute atomic E-state index is 0.474. The standard InChI is InChI=1S/C25H34N4S/c1-19-3-8-23(17-24(19)29(25(26)30)18-21-4-5-21)22-9-6-20(7-10-22)11-12-28-15-13-27(2)14-16-28/h3,6-10,17,21H,4-5,11-16,18H2,1-2H3,(H2,26,30). The van der Waals surface area contributed by atoms with E-state index >= 15 is 0 Å². The minimum atomic E-state index is 0.474. The summed E-state index contributed by atoms with van der Waals surface area (Å²) in [6.07, 6.45) is 3.68. The van der Waals surface area contributed by atoms with E-state index < -0.39 is 0 Å². The predicted octanol–water partition coefficient (Wildman–Crippen LogP) is 3.91. The molecule has 0 amide bonds. The lowest BCUT2D eigenvalue weighted by atomic mass is 10.00. The van der Waals surface area contributed by atoms with Gasteiger partial charge in [0.05, 0.1) is 0 Å². The van der Waals surface area contributed by atoms with Gasteiger partial charge in [0.15, 0.2) is 5.11 Å². The molecule has 0 spiro atoms. The zero-order chi connectivity index (χ0) is 21.1. The zero-order valence-corrected chi connectivity index (χ0v) is 19.1. The Balaban J connectivity index is 1.44. The molecule has 0 bridgehead atoms. The Morgan fingerprint density at radius 3 is 2.33 bits per heavy atom. The Labute approximate surface area is 186 Å². The molecule has 1 aliphatic heterocycles. The summed E-state index contributed by atoms with van der Waals surface area (Å²) < 4.78 is 0. The number of rotatable bonds is 7. The predicted molar refractivity (Wildman–Crippen MR) is 131 cm³/mol. The fraction of sp³-hybridized carbons (Fsp3) is 0.480. The third-order valence-corrected chi connectivity index (χ3v) is 6.72. The van der Waals surface area contributed by atoms with Gasteiger partial charge < -0.3 is 20.4 Å². The van der Waals surface area contributed by atoms with Crippen LogP contribution < -0.4 is 10.6 Å². The van der Waals surface area contributed by atoms with Gasteiger partial charge in [-0.25, -0.2) is 0 Å². The second-order valence-electron chi connectivity index (χ2n) is 8.99. The third kappa shape index (κ3) is 5.39. The van der Waals surface area contributed by atoms with Crippen molar-refractivity contribution in [3.63, 3.8) is 0 Å². The second kappa shape index (κ2) is 9.46. The molecule has 1 heterocycles. The zero-order valence-electron chi connectivity index (χ0n) is 18.3. The molecular formula is C25H34N4S. The number of aryl methyl sites for hydroxylation is 1. The summed E-state index contributed by atoms with van der Waals surface area (Å²) in [4.78, 5) is 7.10. The molecule has 0 unspecified atom stereocenters. The molecule has 2 aromatic carbocycles. The summed E-state index contributed by atoms with van der Waals surface area (Å²) in [5, 5.41) is 0.474. The van der Waals surface area contributed by atoms with Crippen LogP contribution in [0.3, 0.4) is 0 Å². The van der Waals surface area contributed by atoms with Crippen molar-refractivity contribution < 1.29 is 0 Å². The lowest BCUT2D eigenvalue weighted by Gasteiger charge is -2.32. The summed E-state index contributed by atoms with van der Waals surface area (Å²) in [5.74, 6) is 0.731. The lowest BCUT2D eigenvalue weighted by molar-refractivity contribution is 0.155. The highest BCUT2D eigenvalue weighted by Crippen LogP contribution is 2.34. The molecule has 160 valence electrons. The number of anilines is 1. The molecule has 2 fully saturated rings. The van der Waals surface area contributed by atoms with Crippen LogP contribution in [0.1, 0.15) is 24.0 Å². The van der Waals surface area contributed by atoms with E-state index in [0.29, 0.717) is 5.11 Å². The quantitative estimate of drug-likeness (QED) is 0.685. The Morgan fingerprint density at radius 2 is 1.70 bits per heavy atom. The fourth-order valence-electron chi connectivity index (χ4n) is 4.17. The molecule has 0 atom stereocenters. The van der Waals surface area contributed by atoms with Gasteiger partial charge in [-0.1, -0.05) is 36.4 Å². The van der Waals surface area contributed by atoms with Crippen LogP contribution in [0, 0.1) is 12.8 Å². The van der Waals surface area contributed by atoms with Crippen LogP contribution in [0.2, 0.25) is 0 Å². The summed E-state index contributed by atoms with van der Waals surface area (Å²) in [6, 6.07) is 15.7. The number of likely N-dealkylation sites (N-methyl/N-ethyl adjacent to an activating group) is 1. The van der Waals surface area contributed by atoms with Gasteiger partial charge >= 0.3 is 0 Å². The summed E-state index contributed by atoms with van der Waals surface area (Å²) in [6.45, 7) is 8.94. The number of nitrogens with zero attached hydrogens (tertiary/aromatic N) is 3. The molecule has 30 heavy (non-hydrogen) atoms. The number of hydrogen-bond acceptors (Lipinski definition) is 3. The Morgan fingerprint density at radius 1 is 1.03 bits per heavy atom. The van der Waals surface area contributed by atoms with E-state index in [0.717, 1.165) is 31.1 Å². The topological polar surface area (TPSA) is 35.7 Å². The first-order valence-corrected chi connectivity index (χ1v) is 11.6. The maximum Gasteiger partial charge on any atom is 0.170 e. The van der Waals surface area contributed by atoms with Crippen molar-refractivity contribution in [2.45, 2.75) is 26.2 Å². The van der Waals surface area contributed by atoms with Crippen LogP contribution in [0.25, 0.3) is 11.1 Å². The highest BCUT2D eigenvalue weighted by Gasteiger charge is 2.26. The number of thiocarbonyl (C=S) groups is 1. The van der Waals surface area contributed by atoms with Crippen molar-refractivity contribution in [3.8, 4) is 11.1 Å². The molecule has 4 rings (SSSR count). The van der Waals surface area contributed by atoms with Gasteiger partial charge in [0.1, 0.15) is 0 Å². The lowest BCUT2D eigenvalue weighted by Crippen LogP contribution is -2.45. The van der Waals surface area contributed by atoms with Crippen molar-refractivity contribution in [2.75, 3.05) is 51.2 Å². The molecule has 5 heteroatoms. The number of nitrogens with two attached hydrogens (primary N) is 1. The smallest absolute Gasteiger partial charge is 0.170 e. The van der Waals surface area contributed by atoms with Crippen molar-refractivity contribution in [1.29, 1.82) is 0 Å². The largest absolute Gasteiger partial charge is 0.376 e. The maximum atomic E-state index is 6.08. The Hall–Kier alpha value is -1.95. The fourth-order valence-corrected chi connectivity index (χ4v) is 4.34. The van der Waals surface area contributed by atoms with E-state index in [1.807, 2.05) is 0 Å². The van der Waals surface area contributed by atoms with Gasteiger partial charge in [-0.3, -0.25) is 0 Å². The molecule has 1 saturated heterocycles. The van der Waals surface area contributed by atoms with Crippen LogP contribution in [0.5, 0.6) is 0 Å². The first-order chi connectivity index (χ1) is 14.5. The van der Waals surface area contributed by atoms with Gasteiger partial charge in [0.25, 0.3) is 0 Å². The normalized spacial score (nSPS) is 17.8. The van der Waals surface area contributed by atoms with Crippen LogP contribution >= 0.6 is 12.2 Å². The van der Waals surface area contributed by atoms with E-state index in [9.17, 15) is 0 Å². The molecule has 0 aromatic heterocycles. The summed E-state index contributed by atoms with van der Waals surface area (Å²) in [5.41, 5.74) is 12.3. The van der Waals surface area contributed by atoms with Crippen LogP contribution in [0.4, 0.5) is 5.69 Å². The van der Waals surface area contributed by atoms with Crippen molar-refractivity contribution in [2.24, 2.45) is 11.7 Å². The van der Waals surface area contributed by atoms with E-state index in [2.05, 4.69) is 71.1 Å². The van der Waals surface area contributed by atoms with Gasteiger partial charge in [0.2, 0.25) is 0 Å². The van der Waals surface area contributed by atoms with E-state index in [1.165, 1.54) is 61.3 Å². The van der Waals surface area contributed by atoms with Crippen molar-refractivity contribution in [1.82, 2.24) is 9.80 Å². The monoisotopic (exact) mass is 422 g/mol. The Bertz CT molecular complexity index is 867. The van der Waals surface area contributed by atoms with Gasteiger partial charge in [-0.05, 0) is 79.7 Å². The van der Waals surface area contributed by atoms with Crippen molar-refractivity contribution in [3.05, 3.63) is 53.6 Å². The second-order valence-corrected chi connectivity index (χ2v) is 9.40. The van der Waals surface area contributed by atoms with Gasteiger partial charge in [-0.15, -0.1) is 0 Å². The van der Waals surface area contributed by atoms with Crippen LogP contribution in [0.15, 0.2) is 42.5 Å². The highest BCUT2D eigenvalue weighted by atomic mass is 32.1. The van der Waals surface area contributed by atoms with E-state index in [1.54, 1.807) is 0 Å². The summed E-state index contributed by atoms with van der Waals surface area (Å²) >= 11 is 5.37. The first kappa shape index (κ1) is 21.3. The molecule has 1 saturated carbocycles. The molecule has 2 N–H and O–H groups in total. The Kier molecular flexibility index (Phi) is 6.71. The highest BCUT2D eigenvalue weighted by molar-refractivity contribution is 7.80. The molecular weight excluding hydrogens is 388 g/mol. The SMILES string of the molecule is Cc1ccc(-c2ccc(CCN3CCN(C)CC3)cc2)cc1N(CC1CC1)C(N)=S. The average molecular weight is 423 g/mol. The van der Waals surface area contributed by atoms with Crippen LogP contribution in [-0.4, -0.2) is 61.2 Å². The molecule has 2 aliphatic rings. The maximum absolute atomic E-state index is 6.08. The molecule has 2 aromatic rings. The molecule has 0 radical (unpaired) electrons. The minimum Gasteiger partial charge on any atom is -0.376 e. The molecule has 4 nitrogen and oxygen atoms in total. The summed E-state index contributed by atoms with van der Waals surface area (Å²) in [7, 11) is 2.21. The van der Waals surface area contributed by atoms with Crippen LogP contribution in [-0.2, 0) is 6.42 Å². The number of piperazine rings is 1. The third-order valence-electron chi connectivity index (χ3n) is 6.50. The van der Waals surface area contributed by atoms with Crippen molar-refractivity contribution >= 4 is 23.0 Å². The first-order valence-electron chi connectivity index (χ1n) is 11.2. The number of benzene rings is 2. The molecule has 1 aliphatic carbocycles. The van der Waals surface area contributed by atoms with E-state index in [4.69, 9.17) is 18.0 Å². The average Bonchev–Trinajstić information content (AvgIpc) is 3.57. The number of hydrogen-bond donors (Lipinski definition) is 1. The van der Waals surface area contributed by atoms with E-state index in [-0.39, 0.29) is 0 Å². The van der Waals surface area contributed by atoms with Gasteiger partial charge in [-0.2, -0.15) is 0 Å². The van der Waals surface area contributed by atoms with Gasteiger partial charge in [0, 0.05) is 45.0 Å².